The minimum absolute atomic E-state index is 0.0684. The molecule has 1 atom stereocenters. The van der Waals surface area contributed by atoms with Gasteiger partial charge in [-0.15, -0.1) is 0 Å². The molecular weight excluding hydrogens is 192 g/mol. The van der Waals surface area contributed by atoms with E-state index in [0.717, 1.165) is 50.7 Å². The van der Waals surface area contributed by atoms with E-state index in [0.29, 0.717) is 0 Å². The van der Waals surface area contributed by atoms with Crippen molar-refractivity contribution < 1.29 is 14.6 Å². The van der Waals surface area contributed by atoms with Crippen LogP contribution in [0.15, 0.2) is 0 Å². The quantitative estimate of drug-likeness (QED) is 0.780. The highest BCUT2D eigenvalue weighted by molar-refractivity contribution is 5.69. The minimum Gasteiger partial charge on any atom is -0.481 e. The summed E-state index contributed by atoms with van der Waals surface area (Å²) in [6.45, 7) is 1.86. The second kappa shape index (κ2) is 4.97. The zero-order valence-electron chi connectivity index (χ0n) is 9.15. The van der Waals surface area contributed by atoms with Gasteiger partial charge < -0.3 is 9.84 Å². The normalized spacial score (nSPS) is 36.7. The summed E-state index contributed by atoms with van der Waals surface area (Å²) < 4.78 is 5.36. The molecule has 0 amide bonds. The average Bonchev–Trinajstić information content (AvgIpc) is 2.71. The molecule has 1 unspecified atom stereocenters. The largest absolute Gasteiger partial charge is 0.481 e. The van der Waals surface area contributed by atoms with Crippen molar-refractivity contribution in [1.29, 1.82) is 0 Å². The predicted octanol–water partition coefficient (Wildman–Crippen LogP) is 2.30. The van der Waals surface area contributed by atoms with Gasteiger partial charge in [0.1, 0.15) is 0 Å². The first-order valence-corrected chi connectivity index (χ1v) is 6.06. The van der Waals surface area contributed by atoms with Crippen LogP contribution in [-0.4, -0.2) is 24.3 Å². The third-order valence-electron chi connectivity index (χ3n) is 3.89. The van der Waals surface area contributed by atoms with Crippen molar-refractivity contribution in [2.24, 2.45) is 17.8 Å². The molecule has 0 aromatic rings. The number of hydrogen-bond acceptors (Lipinski definition) is 2. The Kier molecular flexibility index (Phi) is 3.62. The molecule has 2 rings (SSSR count). The second-order valence-electron chi connectivity index (χ2n) is 5.02. The van der Waals surface area contributed by atoms with Crippen molar-refractivity contribution >= 4 is 5.97 Å². The van der Waals surface area contributed by atoms with E-state index in [4.69, 9.17) is 9.84 Å². The van der Waals surface area contributed by atoms with E-state index in [-0.39, 0.29) is 5.92 Å². The fourth-order valence-corrected chi connectivity index (χ4v) is 2.89. The first-order valence-electron chi connectivity index (χ1n) is 6.06. The van der Waals surface area contributed by atoms with Crippen molar-refractivity contribution in [3.8, 4) is 0 Å². The lowest BCUT2D eigenvalue weighted by Crippen LogP contribution is -2.22. The highest BCUT2D eigenvalue weighted by Crippen LogP contribution is 2.34. The zero-order valence-corrected chi connectivity index (χ0v) is 9.15. The lowest BCUT2D eigenvalue weighted by atomic mass is 9.78. The fourth-order valence-electron chi connectivity index (χ4n) is 2.89. The molecule has 1 saturated heterocycles. The second-order valence-corrected chi connectivity index (χ2v) is 5.02. The molecule has 0 bridgehead atoms. The number of carboxylic acids is 1. The highest BCUT2D eigenvalue weighted by Gasteiger charge is 2.28. The van der Waals surface area contributed by atoms with Gasteiger partial charge in [-0.25, -0.2) is 0 Å². The Bertz CT molecular complexity index is 213. The van der Waals surface area contributed by atoms with E-state index in [1.54, 1.807) is 0 Å². The molecule has 3 nitrogen and oxygen atoms in total. The van der Waals surface area contributed by atoms with Crippen LogP contribution in [0.1, 0.15) is 38.5 Å². The summed E-state index contributed by atoms with van der Waals surface area (Å²) in [6, 6.07) is 0. The number of aliphatic carboxylic acids is 1. The topological polar surface area (TPSA) is 46.5 Å². The highest BCUT2D eigenvalue weighted by atomic mass is 16.5. The van der Waals surface area contributed by atoms with Crippen LogP contribution in [0.5, 0.6) is 0 Å². The Balaban J connectivity index is 1.71. The molecule has 0 spiro atoms. The molecule has 2 aliphatic rings. The lowest BCUT2D eigenvalue weighted by molar-refractivity contribution is -0.143. The third-order valence-corrected chi connectivity index (χ3v) is 3.89. The lowest BCUT2D eigenvalue weighted by Gasteiger charge is -2.27. The van der Waals surface area contributed by atoms with Gasteiger partial charge in [-0.2, -0.15) is 0 Å². The van der Waals surface area contributed by atoms with Gasteiger partial charge in [0.05, 0.1) is 5.92 Å². The van der Waals surface area contributed by atoms with Crippen molar-refractivity contribution in [2.45, 2.75) is 38.5 Å². The molecule has 1 heterocycles. The van der Waals surface area contributed by atoms with Crippen LogP contribution in [-0.2, 0) is 9.53 Å². The van der Waals surface area contributed by atoms with E-state index in [1.807, 2.05) is 0 Å². The summed E-state index contributed by atoms with van der Waals surface area (Å²) in [4.78, 5) is 10.8. The van der Waals surface area contributed by atoms with E-state index in [9.17, 15) is 4.79 Å². The molecule has 86 valence electrons. The molecule has 1 N–H and O–H groups in total. The Morgan fingerprint density at radius 3 is 2.40 bits per heavy atom. The predicted molar refractivity (Wildman–Crippen MR) is 56.6 cm³/mol. The Hall–Kier alpha value is -0.570. The molecular formula is C12H20O3. The maximum atomic E-state index is 10.8. The number of hydrogen-bond donors (Lipinski definition) is 1. The van der Waals surface area contributed by atoms with Crippen molar-refractivity contribution in [3.05, 3.63) is 0 Å². The van der Waals surface area contributed by atoms with Crippen LogP contribution in [0.3, 0.4) is 0 Å². The van der Waals surface area contributed by atoms with Gasteiger partial charge in [0.15, 0.2) is 0 Å². The number of rotatable bonds is 3. The van der Waals surface area contributed by atoms with Crippen LogP contribution in [0.4, 0.5) is 0 Å². The monoisotopic (exact) mass is 212 g/mol. The number of ether oxygens (including phenoxy) is 1. The SMILES string of the molecule is O=C(O)C1CCC(CC2CCOC2)CC1. The molecule has 1 aliphatic heterocycles. The third kappa shape index (κ3) is 2.94. The summed E-state index contributed by atoms with van der Waals surface area (Å²) >= 11 is 0. The van der Waals surface area contributed by atoms with Crippen molar-refractivity contribution in [1.82, 2.24) is 0 Å². The number of carboxylic acid groups (broad SMARTS) is 1. The maximum absolute atomic E-state index is 10.8. The summed E-state index contributed by atoms with van der Waals surface area (Å²) in [5.74, 6) is 0.836. The number of carbonyl (C=O) groups is 1. The molecule has 1 saturated carbocycles. The van der Waals surface area contributed by atoms with Crippen LogP contribution in [0, 0.1) is 17.8 Å². The molecule has 1 aliphatic carbocycles. The molecule has 0 aromatic carbocycles. The van der Waals surface area contributed by atoms with Crippen LogP contribution in [0.2, 0.25) is 0 Å². The van der Waals surface area contributed by atoms with Crippen molar-refractivity contribution in [3.63, 3.8) is 0 Å². The van der Waals surface area contributed by atoms with E-state index in [2.05, 4.69) is 0 Å². The first-order chi connectivity index (χ1) is 7.25. The summed E-state index contributed by atoms with van der Waals surface area (Å²) in [5, 5.41) is 8.89. The fraction of sp³-hybridized carbons (Fsp3) is 0.917. The van der Waals surface area contributed by atoms with Crippen LogP contribution < -0.4 is 0 Å². The summed E-state index contributed by atoms with van der Waals surface area (Å²) in [5.41, 5.74) is 0. The van der Waals surface area contributed by atoms with Gasteiger partial charge in [-0.05, 0) is 50.4 Å². The standard InChI is InChI=1S/C12H20O3/c13-12(14)11-3-1-9(2-4-11)7-10-5-6-15-8-10/h9-11H,1-8H2,(H,13,14). The Morgan fingerprint density at radius 2 is 1.87 bits per heavy atom. The van der Waals surface area contributed by atoms with Crippen LogP contribution in [0.25, 0.3) is 0 Å². The molecule has 2 fully saturated rings. The smallest absolute Gasteiger partial charge is 0.306 e. The molecule has 15 heavy (non-hydrogen) atoms. The van der Waals surface area contributed by atoms with E-state index >= 15 is 0 Å². The molecule has 0 radical (unpaired) electrons. The van der Waals surface area contributed by atoms with E-state index < -0.39 is 5.97 Å². The van der Waals surface area contributed by atoms with Crippen molar-refractivity contribution in [2.75, 3.05) is 13.2 Å². The van der Waals surface area contributed by atoms with Gasteiger partial charge in [0, 0.05) is 13.2 Å². The van der Waals surface area contributed by atoms with Crippen LogP contribution >= 0.6 is 0 Å². The summed E-state index contributed by atoms with van der Waals surface area (Å²) in [7, 11) is 0. The minimum atomic E-state index is -0.599. The van der Waals surface area contributed by atoms with Gasteiger partial charge in [0.25, 0.3) is 0 Å². The van der Waals surface area contributed by atoms with E-state index in [1.165, 1.54) is 12.8 Å². The maximum Gasteiger partial charge on any atom is 0.306 e. The first kappa shape index (κ1) is 10.9. The Morgan fingerprint density at radius 1 is 1.13 bits per heavy atom. The summed E-state index contributed by atoms with van der Waals surface area (Å²) in [6.07, 6.45) is 6.44. The van der Waals surface area contributed by atoms with Gasteiger partial charge in [0.2, 0.25) is 0 Å². The molecule has 3 heteroatoms. The van der Waals surface area contributed by atoms with Gasteiger partial charge in [-0.3, -0.25) is 4.79 Å². The average molecular weight is 212 g/mol. The Labute approximate surface area is 90.8 Å². The van der Waals surface area contributed by atoms with Gasteiger partial charge >= 0.3 is 5.97 Å². The molecule has 0 aromatic heterocycles. The zero-order chi connectivity index (χ0) is 10.7. The van der Waals surface area contributed by atoms with Gasteiger partial charge in [-0.1, -0.05) is 0 Å².